The van der Waals surface area contributed by atoms with Crippen molar-refractivity contribution >= 4 is 5.78 Å². The van der Waals surface area contributed by atoms with Gasteiger partial charge in [-0.1, -0.05) is 30.7 Å². The van der Waals surface area contributed by atoms with Crippen LogP contribution in [0, 0.1) is 17.3 Å². The summed E-state index contributed by atoms with van der Waals surface area (Å²) < 4.78 is 0. The van der Waals surface area contributed by atoms with Crippen LogP contribution in [-0.2, 0) is 4.79 Å². The summed E-state index contributed by atoms with van der Waals surface area (Å²) in [5, 5.41) is 0. The molecular formula is C15H22O. The molecule has 0 heterocycles. The van der Waals surface area contributed by atoms with Crippen LogP contribution in [0.15, 0.2) is 23.8 Å². The first kappa shape index (κ1) is 11.6. The summed E-state index contributed by atoms with van der Waals surface area (Å²) >= 11 is 0. The number of carbonyl (C=O) groups is 1. The molecule has 16 heavy (non-hydrogen) atoms. The highest BCUT2D eigenvalue weighted by atomic mass is 16.1. The van der Waals surface area contributed by atoms with Gasteiger partial charge in [0.1, 0.15) is 5.78 Å². The Morgan fingerprint density at radius 3 is 2.81 bits per heavy atom. The van der Waals surface area contributed by atoms with Crippen molar-refractivity contribution in [3.05, 3.63) is 23.8 Å². The molecular weight excluding hydrogens is 196 g/mol. The van der Waals surface area contributed by atoms with Gasteiger partial charge in [-0.3, -0.25) is 4.79 Å². The van der Waals surface area contributed by atoms with Gasteiger partial charge < -0.3 is 0 Å². The first-order chi connectivity index (χ1) is 7.47. The third kappa shape index (κ3) is 1.57. The smallest absolute Gasteiger partial charge is 0.135 e. The van der Waals surface area contributed by atoms with Crippen LogP contribution in [0.25, 0.3) is 0 Å². The molecule has 1 saturated carbocycles. The Balaban J connectivity index is 2.31. The Labute approximate surface area is 98.6 Å². The zero-order chi connectivity index (χ0) is 11.9. The van der Waals surface area contributed by atoms with Crippen molar-refractivity contribution < 1.29 is 4.79 Å². The molecule has 1 heteroatoms. The molecule has 2 rings (SSSR count). The van der Waals surface area contributed by atoms with E-state index in [9.17, 15) is 4.79 Å². The Morgan fingerprint density at radius 2 is 2.25 bits per heavy atom. The van der Waals surface area contributed by atoms with E-state index in [1.54, 1.807) is 0 Å². The molecule has 2 aliphatic rings. The number of rotatable bonds is 1. The minimum absolute atomic E-state index is 0.233. The summed E-state index contributed by atoms with van der Waals surface area (Å²) in [6, 6.07) is 0. The van der Waals surface area contributed by atoms with Gasteiger partial charge in [0.25, 0.3) is 0 Å². The first-order valence-corrected chi connectivity index (χ1v) is 6.33. The lowest BCUT2D eigenvalue weighted by atomic mass is 9.60. The molecule has 88 valence electrons. The van der Waals surface area contributed by atoms with E-state index in [4.69, 9.17) is 0 Å². The van der Waals surface area contributed by atoms with E-state index in [1.165, 1.54) is 11.1 Å². The number of Topliss-reactive ketones (excluding diaryl/α,β-unsaturated/α-hetero) is 1. The molecule has 0 saturated heterocycles. The van der Waals surface area contributed by atoms with Crippen LogP contribution in [0.5, 0.6) is 0 Å². The maximum absolute atomic E-state index is 11.7. The van der Waals surface area contributed by atoms with E-state index in [-0.39, 0.29) is 11.3 Å². The van der Waals surface area contributed by atoms with Crippen LogP contribution in [-0.4, -0.2) is 5.78 Å². The second-order valence-electron chi connectivity index (χ2n) is 5.75. The van der Waals surface area contributed by atoms with Crippen LogP contribution in [0.4, 0.5) is 0 Å². The van der Waals surface area contributed by atoms with Crippen molar-refractivity contribution in [3.63, 3.8) is 0 Å². The lowest BCUT2D eigenvalue weighted by Crippen LogP contribution is -2.37. The Morgan fingerprint density at radius 1 is 1.56 bits per heavy atom. The van der Waals surface area contributed by atoms with Gasteiger partial charge in [-0.2, -0.15) is 0 Å². The van der Waals surface area contributed by atoms with Crippen molar-refractivity contribution in [3.8, 4) is 0 Å². The highest BCUT2D eigenvalue weighted by Crippen LogP contribution is 2.55. The second kappa shape index (κ2) is 3.87. The summed E-state index contributed by atoms with van der Waals surface area (Å²) in [6.07, 6.45) is 6.32. The molecule has 0 radical (unpaired) electrons. The number of hydrogen-bond donors (Lipinski definition) is 0. The Hall–Kier alpha value is -0.850. The van der Waals surface area contributed by atoms with E-state index >= 15 is 0 Å². The number of ketones is 1. The lowest BCUT2D eigenvalue weighted by Gasteiger charge is -2.43. The molecule has 0 aromatic rings. The summed E-state index contributed by atoms with van der Waals surface area (Å²) in [5.41, 5.74) is 3.05. The fourth-order valence-corrected chi connectivity index (χ4v) is 3.70. The highest BCUT2D eigenvalue weighted by molar-refractivity contribution is 5.81. The molecule has 1 spiro atoms. The molecule has 3 atom stereocenters. The molecule has 0 N–H and O–H groups in total. The normalized spacial score (nSPS) is 38.9. The average Bonchev–Trinajstić information content (AvgIpc) is 2.51. The zero-order valence-electron chi connectivity index (χ0n) is 10.7. The molecule has 0 aromatic heterocycles. The summed E-state index contributed by atoms with van der Waals surface area (Å²) in [5.74, 6) is 1.26. The molecule has 0 aliphatic heterocycles. The molecule has 1 nitrogen and oxygen atoms in total. The maximum atomic E-state index is 11.7. The molecule has 1 fully saturated rings. The van der Waals surface area contributed by atoms with Crippen molar-refractivity contribution in [1.82, 2.24) is 0 Å². The molecule has 0 aromatic carbocycles. The summed E-state index contributed by atoms with van der Waals surface area (Å²) in [6.45, 7) is 10.6. The van der Waals surface area contributed by atoms with Crippen molar-refractivity contribution in [2.24, 2.45) is 17.3 Å². The predicted molar refractivity (Wildman–Crippen MR) is 67.1 cm³/mol. The van der Waals surface area contributed by atoms with Crippen molar-refractivity contribution in [2.75, 3.05) is 0 Å². The maximum Gasteiger partial charge on any atom is 0.135 e. The SMILES string of the molecule is C=C(C)C1CC=C(C)C12CCC(=O)C(C)C2. The van der Waals surface area contributed by atoms with Crippen LogP contribution in [0.1, 0.15) is 46.5 Å². The van der Waals surface area contributed by atoms with Gasteiger partial charge in [-0.05, 0) is 44.4 Å². The van der Waals surface area contributed by atoms with Crippen molar-refractivity contribution in [2.45, 2.75) is 46.5 Å². The number of carbonyl (C=O) groups excluding carboxylic acids is 1. The van der Waals surface area contributed by atoms with Gasteiger partial charge >= 0.3 is 0 Å². The quantitative estimate of drug-likeness (QED) is 0.610. The minimum atomic E-state index is 0.233. The zero-order valence-corrected chi connectivity index (χ0v) is 10.7. The monoisotopic (exact) mass is 218 g/mol. The Kier molecular flexibility index (Phi) is 2.81. The van der Waals surface area contributed by atoms with Gasteiger partial charge in [-0.25, -0.2) is 0 Å². The predicted octanol–water partition coefficient (Wildman–Crippen LogP) is 3.90. The third-order valence-electron chi connectivity index (χ3n) is 4.74. The van der Waals surface area contributed by atoms with E-state index in [1.807, 2.05) is 0 Å². The largest absolute Gasteiger partial charge is 0.299 e. The summed E-state index contributed by atoms with van der Waals surface area (Å²) in [7, 11) is 0. The van der Waals surface area contributed by atoms with E-state index in [0.29, 0.717) is 11.7 Å². The fraction of sp³-hybridized carbons (Fsp3) is 0.667. The standard InChI is InChI=1S/C15H22O/c1-10(2)13-6-5-12(4)15(13)8-7-14(16)11(3)9-15/h5,11,13H,1,6-9H2,2-4H3. The first-order valence-electron chi connectivity index (χ1n) is 6.33. The molecule has 0 amide bonds. The van der Waals surface area contributed by atoms with Crippen molar-refractivity contribution in [1.29, 1.82) is 0 Å². The third-order valence-corrected chi connectivity index (χ3v) is 4.74. The van der Waals surface area contributed by atoms with Crippen LogP contribution in [0.2, 0.25) is 0 Å². The van der Waals surface area contributed by atoms with Crippen LogP contribution in [0.3, 0.4) is 0 Å². The minimum Gasteiger partial charge on any atom is -0.299 e. The topological polar surface area (TPSA) is 17.1 Å². The van der Waals surface area contributed by atoms with Gasteiger partial charge in [0.15, 0.2) is 0 Å². The molecule has 2 aliphatic carbocycles. The highest BCUT2D eigenvalue weighted by Gasteiger charge is 2.47. The van der Waals surface area contributed by atoms with Crippen LogP contribution >= 0.6 is 0 Å². The number of hydrogen-bond acceptors (Lipinski definition) is 1. The summed E-state index contributed by atoms with van der Waals surface area (Å²) in [4.78, 5) is 11.7. The van der Waals surface area contributed by atoms with E-state index in [2.05, 4.69) is 33.4 Å². The lowest BCUT2D eigenvalue weighted by molar-refractivity contribution is -0.126. The fourth-order valence-electron chi connectivity index (χ4n) is 3.70. The van der Waals surface area contributed by atoms with E-state index < -0.39 is 0 Å². The average molecular weight is 218 g/mol. The Bertz CT molecular complexity index is 364. The molecule has 3 unspecified atom stereocenters. The van der Waals surface area contributed by atoms with Crippen LogP contribution < -0.4 is 0 Å². The van der Waals surface area contributed by atoms with Gasteiger partial charge in [0, 0.05) is 12.3 Å². The van der Waals surface area contributed by atoms with Gasteiger partial charge in [0.2, 0.25) is 0 Å². The molecule has 0 bridgehead atoms. The number of allylic oxidation sites excluding steroid dienone is 3. The van der Waals surface area contributed by atoms with E-state index in [0.717, 1.165) is 25.7 Å². The van der Waals surface area contributed by atoms with Gasteiger partial charge in [-0.15, -0.1) is 0 Å². The van der Waals surface area contributed by atoms with Gasteiger partial charge in [0.05, 0.1) is 0 Å². The second-order valence-corrected chi connectivity index (χ2v) is 5.75.